The maximum Gasteiger partial charge on any atom is 1.00 e. The molecule has 0 heterocycles. The van der Waals surface area contributed by atoms with Crippen LogP contribution in [0.2, 0.25) is 0 Å². The molecule has 0 unspecified atom stereocenters. The van der Waals surface area contributed by atoms with Gasteiger partial charge in [0.15, 0.2) is 0 Å². The SMILES string of the molecule is CN(C[B-](F)(F)F)c1cccc(C#N)c1.[K+]. The third kappa shape index (κ3) is 5.37. The molecule has 0 saturated carbocycles. The van der Waals surface area contributed by atoms with E-state index in [1.807, 2.05) is 6.07 Å². The zero-order chi connectivity index (χ0) is 11.5. The van der Waals surface area contributed by atoms with Gasteiger partial charge in [-0.05, 0) is 24.6 Å². The van der Waals surface area contributed by atoms with Crippen LogP contribution >= 0.6 is 0 Å². The first-order valence-electron chi connectivity index (χ1n) is 4.34. The first-order valence-corrected chi connectivity index (χ1v) is 4.34. The van der Waals surface area contributed by atoms with Gasteiger partial charge in [-0.15, -0.1) is 0 Å². The van der Waals surface area contributed by atoms with Crippen molar-refractivity contribution in [1.82, 2.24) is 0 Å². The van der Waals surface area contributed by atoms with Gasteiger partial charge in [0.2, 0.25) is 0 Å². The molecule has 0 fully saturated rings. The fourth-order valence-electron chi connectivity index (χ4n) is 1.23. The number of hydrogen-bond acceptors (Lipinski definition) is 2. The minimum absolute atomic E-state index is 0. The maximum absolute atomic E-state index is 12.1. The molecular formula is C9H9BF3KN2. The maximum atomic E-state index is 12.1. The molecule has 0 aromatic heterocycles. The monoisotopic (exact) mass is 252 g/mol. The van der Waals surface area contributed by atoms with Crippen LogP contribution in [0.3, 0.4) is 0 Å². The number of anilines is 1. The standard InChI is InChI=1S/C9H9BF3N2.K/c1-15(7-10(11,12)13)9-4-2-3-8(5-9)6-14;/h2-5H,7H2,1H3;/q-1;+1. The van der Waals surface area contributed by atoms with E-state index >= 15 is 0 Å². The molecule has 0 aliphatic rings. The predicted octanol–water partition coefficient (Wildman–Crippen LogP) is -0.615. The molecule has 0 aliphatic heterocycles. The molecule has 16 heavy (non-hydrogen) atoms. The number of nitrogens with zero attached hydrogens (tertiary/aromatic N) is 2. The molecule has 0 saturated heterocycles. The second-order valence-corrected chi connectivity index (χ2v) is 3.25. The third-order valence-corrected chi connectivity index (χ3v) is 1.90. The Bertz CT molecular complexity index is 389. The summed E-state index contributed by atoms with van der Waals surface area (Å²) >= 11 is 0. The Labute approximate surface area is 135 Å². The van der Waals surface area contributed by atoms with Crippen molar-refractivity contribution >= 4 is 12.7 Å². The number of halogens is 3. The van der Waals surface area contributed by atoms with Crippen molar-refractivity contribution in [3.63, 3.8) is 0 Å². The first-order chi connectivity index (χ1) is 6.92. The van der Waals surface area contributed by atoms with Crippen LogP contribution in [0, 0.1) is 11.3 Å². The quantitative estimate of drug-likeness (QED) is 0.671. The van der Waals surface area contributed by atoms with Crippen LogP contribution in [-0.2, 0) is 0 Å². The molecule has 0 spiro atoms. The summed E-state index contributed by atoms with van der Waals surface area (Å²) in [6.07, 6.45) is -0.963. The molecular weight excluding hydrogens is 243 g/mol. The van der Waals surface area contributed by atoms with E-state index in [2.05, 4.69) is 0 Å². The van der Waals surface area contributed by atoms with E-state index in [4.69, 9.17) is 5.26 Å². The zero-order valence-corrected chi connectivity index (χ0v) is 12.2. The van der Waals surface area contributed by atoms with E-state index < -0.39 is 13.4 Å². The number of benzene rings is 1. The van der Waals surface area contributed by atoms with E-state index in [1.54, 1.807) is 18.2 Å². The largest absolute Gasteiger partial charge is 1.00 e. The summed E-state index contributed by atoms with van der Waals surface area (Å²) in [4.78, 5) is 1.08. The van der Waals surface area contributed by atoms with E-state index in [0.29, 0.717) is 11.3 Å². The summed E-state index contributed by atoms with van der Waals surface area (Å²) in [5.41, 5.74) is 0.752. The van der Waals surface area contributed by atoms with Crippen LogP contribution in [0.1, 0.15) is 5.56 Å². The molecule has 0 radical (unpaired) electrons. The molecule has 1 rings (SSSR count). The molecule has 1 aromatic rings. The van der Waals surface area contributed by atoms with Gasteiger partial charge in [-0.1, -0.05) is 6.07 Å². The average molecular weight is 252 g/mol. The van der Waals surface area contributed by atoms with E-state index in [1.165, 1.54) is 13.1 Å². The van der Waals surface area contributed by atoms with Crippen LogP contribution in [-0.4, -0.2) is 20.5 Å². The molecule has 0 bridgehead atoms. The summed E-state index contributed by atoms with van der Waals surface area (Å²) in [7, 11) is 1.35. The normalized spacial score (nSPS) is 10.2. The van der Waals surface area contributed by atoms with Gasteiger partial charge >= 0.3 is 58.4 Å². The van der Waals surface area contributed by atoms with Gasteiger partial charge in [0.25, 0.3) is 0 Å². The van der Waals surface area contributed by atoms with Crippen LogP contribution in [0.4, 0.5) is 18.6 Å². The van der Waals surface area contributed by atoms with Gasteiger partial charge in [-0.25, -0.2) is 0 Å². The second kappa shape index (κ2) is 6.67. The molecule has 0 aliphatic carbocycles. The first kappa shape index (κ1) is 16.0. The Balaban J connectivity index is 0.00000225. The molecule has 0 amide bonds. The van der Waals surface area contributed by atoms with Crippen LogP contribution < -0.4 is 56.3 Å². The van der Waals surface area contributed by atoms with Gasteiger partial charge < -0.3 is 17.8 Å². The van der Waals surface area contributed by atoms with Crippen molar-refractivity contribution in [3.8, 4) is 6.07 Å². The number of nitriles is 1. The van der Waals surface area contributed by atoms with Crippen molar-refractivity contribution in [2.24, 2.45) is 0 Å². The van der Waals surface area contributed by atoms with Crippen molar-refractivity contribution < 1.29 is 64.3 Å². The van der Waals surface area contributed by atoms with Crippen molar-refractivity contribution in [1.29, 1.82) is 5.26 Å². The Morgan fingerprint density at radius 3 is 2.50 bits per heavy atom. The van der Waals surface area contributed by atoms with E-state index in [9.17, 15) is 12.9 Å². The average Bonchev–Trinajstić information content (AvgIpc) is 2.15. The summed E-state index contributed by atoms with van der Waals surface area (Å²) in [6.45, 7) is -4.85. The van der Waals surface area contributed by atoms with Gasteiger partial charge in [0.05, 0.1) is 11.6 Å². The topological polar surface area (TPSA) is 27.0 Å². The molecule has 0 N–H and O–H groups in total. The number of rotatable bonds is 3. The summed E-state index contributed by atoms with van der Waals surface area (Å²) < 4.78 is 36.4. The fourth-order valence-corrected chi connectivity index (χ4v) is 1.23. The Hall–Kier alpha value is 0.00130. The van der Waals surface area contributed by atoms with Crippen molar-refractivity contribution in [3.05, 3.63) is 29.8 Å². The second-order valence-electron chi connectivity index (χ2n) is 3.25. The van der Waals surface area contributed by atoms with Crippen molar-refractivity contribution in [2.75, 3.05) is 18.4 Å². The van der Waals surface area contributed by atoms with Gasteiger partial charge in [-0.2, -0.15) is 5.26 Å². The zero-order valence-electron chi connectivity index (χ0n) is 9.12. The smallest absolute Gasteiger partial charge is 0.448 e. The molecule has 7 heteroatoms. The molecule has 80 valence electrons. The summed E-state index contributed by atoms with van der Waals surface area (Å²) in [6, 6.07) is 7.97. The molecule has 1 aromatic carbocycles. The Kier molecular flexibility index (Phi) is 6.67. The van der Waals surface area contributed by atoms with Crippen molar-refractivity contribution in [2.45, 2.75) is 0 Å². The Morgan fingerprint density at radius 2 is 2.00 bits per heavy atom. The third-order valence-electron chi connectivity index (χ3n) is 1.90. The van der Waals surface area contributed by atoms with Crippen LogP contribution in [0.15, 0.2) is 24.3 Å². The fraction of sp³-hybridized carbons (Fsp3) is 0.222. The Morgan fingerprint density at radius 1 is 1.38 bits per heavy atom. The van der Waals surface area contributed by atoms with E-state index in [-0.39, 0.29) is 51.4 Å². The summed E-state index contributed by atoms with van der Waals surface area (Å²) in [5, 5.41) is 8.59. The summed E-state index contributed by atoms with van der Waals surface area (Å²) in [5.74, 6) is 0. The predicted molar refractivity (Wildman–Crippen MR) is 53.5 cm³/mol. The van der Waals surface area contributed by atoms with Gasteiger partial charge in [0, 0.05) is 12.7 Å². The molecule has 0 atom stereocenters. The van der Waals surface area contributed by atoms with Crippen LogP contribution in [0.25, 0.3) is 0 Å². The van der Waals surface area contributed by atoms with Crippen LogP contribution in [0.5, 0.6) is 0 Å². The minimum Gasteiger partial charge on any atom is -0.448 e. The van der Waals surface area contributed by atoms with Gasteiger partial charge in [0.1, 0.15) is 0 Å². The van der Waals surface area contributed by atoms with E-state index in [0.717, 1.165) is 4.90 Å². The minimum atomic E-state index is -4.85. The van der Waals surface area contributed by atoms with Gasteiger partial charge in [-0.3, -0.25) is 0 Å². The number of hydrogen-bond donors (Lipinski definition) is 0. The molecule has 2 nitrogen and oxygen atoms in total.